The summed E-state index contributed by atoms with van der Waals surface area (Å²) in [5.41, 5.74) is 9.10. The zero-order chi connectivity index (χ0) is 16.9. The van der Waals surface area contributed by atoms with E-state index in [9.17, 15) is 4.79 Å². The van der Waals surface area contributed by atoms with Gasteiger partial charge < -0.3 is 15.2 Å². The van der Waals surface area contributed by atoms with E-state index in [1.165, 1.54) is 12.7 Å². The number of hydrogen-bond acceptors (Lipinski definition) is 6. The Morgan fingerprint density at radius 1 is 1.25 bits per heavy atom. The van der Waals surface area contributed by atoms with Crippen molar-refractivity contribution < 1.29 is 14.3 Å². The number of methoxy groups -OCH3 is 1. The summed E-state index contributed by atoms with van der Waals surface area (Å²) < 4.78 is 10.1. The summed E-state index contributed by atoms with van der Waals surface area (Å²) in [5, 5.41) is 0. The number of pyridine rings is 1. The van der Waals surface area contributed by atoms with Gasteiger partial charge >= 0.3 is 5.97 Å². The molecule has 2 heterocycles. The quantitative estimate of drug-likeness (QED) is 0.865. The lowest BCUT2D eigenvalue weighted by Gasteiger charge is -2.26. The predicted octanol–water partition coefficient (Wildman–Crippen LogP) is 1.95. The minimum atomic E-state index is -0.481. The first-order valence-corrected chi connectivity index (χ1v) is 7.90. The standard InChI is InChI=1S/C18H21N3O3/c1-23-18(22)16-10-15(11-20-17(16)19)14-4-2-13(3-5-14)12-21-6-8-24-9-7-21/h2-5,10-11H,6-9,12H2,1H3,(H2,19,20). The number of benzene rings is 1. The number of esters is 1. The Balaban J connectivity index is 1.76. The summed E-state index contributed by atoms with van der Waals surface area (Å²) in [5.74, 6) is -0.305. The first kappa shape index (κ1) is 16.4. The number of anilines is 1. The third kappa shape index (κ3) is 3.72. The fourth-order valence-electron chi connectivity index (χ4n) is 2.73. The predicted molar refractivity (Wildman–Crippen MR) is 91.5 cm³/mol. The maximum absolute atomic E-state index is 11.7. The van der Waals surface area contributed by atoms with Gasteiger partial charge in [0.05, 0.1) is 20.3 Å². The molecule has 3 rings (SSSR count). The molecular formula is C18H21N3O3. The Morgan fingerprint density at radius 3 is 2.62 bits per heavy atom. The molecule has 0 radical (unpaired) electrons. The van der Waals surface area contributed by atoms with Gasteiger partial charge in [0.2, 0.25) is 0 Å². The van der Waals surface area contributed by atoms with Crippen LogP contribution in [0.2, 0.25) is 0 Å². The van der Waals surface area contributed by atoms with Gasteiger partial charge in [0.1, 0.15) is 11.4 Å². The van der Waals surface area contributed by atoms with Crippen LogP contribution in [0, 0.1) is 0 Å². The lowest BCUT2D eigenvalue weighted by Crippen LogP contribution is -2.35. The lowest BCUT2D eigenvalue weighted by molar-refractivity contribution is 0.0342. The number of ether oxygens (including phenoxy) is 2. The van der Waals surface area contributed by atoms with Gasteiger partial charge in [-0.1, -0.05) is 24.3 Å². The van der Waals surface area contributed by atoms with Crippen LogP contribution in [0.15, 0.2) is 36.5 Å². The van der Waals surface area contributed by atoms with Crippen LogP contribution in [0.25, 0.3) is 11.1 Å². The maximum atomic E-state index is 11.7. The Hall–Kier alpha value is -2.44. The van der Waals surface area contributed by atoms with E-state index in [-0.39, 0.29) is 11.4 Å². The fourth-order valence-corrected chi connectivity index (χ4v) is 2.73. The van der Waals surface area contributed by atoms with Gasteiger partial charge in [-0.25, -0.2) is 9.78 Å². The molecule has 1 aliphatic heterocycles. The molecular weight excluding hydrogens is 306 g/mol. The average molecular weight is 327 g/mol. The van der Waals surface area contributed by atoms with Crippen molar-refractivity contribution in [2.24, 2.45) is 0 Å². The van der Waals surface area contributed by atoms with Gasteiger partial charge in [0, 0.05) is 31.4 Å². The highest BCUT2D eigenvalue weighted by Crippen LogP contribution is 2.23. The van der Waals surface area contributed by atoms with Gasteiger partial charge in [-0.3, -0.25) is 4.90 Å². The van der Waals surface area contributed by atoms with Crippen molar-refractivity contribution >= 4 is 11.8 Å². The van der Waals surface area contributed by atoms with Crippen LogP contribution < -0.4 is 5.73 Å². The molecule has 1 saturated heterocycles. The summed E-state index contributed by atoms with van der Waals surface area (Å²) in [7, 11) is 1.33. The van der Waals surface area contributed by atoms with E-state index in [1.807, 2.05) is 12.1 Å². The van der Waals surface area contributed by atoms with Crippen molar-refractivity contribution in [3.8, 4) is 11.1 Å². The molecule has 126 valence electrons. The van der Waals surface area contributed by atoms with Crippen LogP contribution in [0.5, 0.6) is 0 Å². The van der Waals surface area contributed by atoms with Gasteiger partial charge in [0.15, 0.2) is 0 Å². The second kappa shape index (κ2) is 7.42. The van der Waals surface area contributed by atoms with Crippen LogP contribution >= 0.6 is 0 Å². The Kier molecular flexibility index (Phi) is 5.08. The minimum absolute atomic E-state index is 0.175. The number of aromatic nitrogens is 1. The zero-order valence-electron chi connectivity index (χ0n) is 13.7. The molecule has 1 aromatic carbocycles. The van der Waals surface area contributed by atoms with Crippen molar-refractivity contribution in [1.29, 1.82) is 0 Å². The van der Waals surface area contributed by atoms with E-state index in [0.717, 1.165) is 44.0 Å². The van der Waals surface area contributed by atoms with Crippen molar-refractivity contribution in [3.63, 3.8) is 0 Å². The summed E-state index contributed by atoms with van der Waals surface area (Å²) in [6.45, 7) is 4.44. The summed E-state index contributed by atoms with van der Waals surface area (Å²) in [6.07, 6.45) is 1.67. The van der Waals surface area contributed by atoms with Gasteiger partial charge in [0.25, 0.3) is 0 Å². The molecule has 1 fully saturated rings. The van der Waals surface area contributed by atoms with E-state index in [0.29, 0.717) is 0 Å². The third-order valence-corrected chi connectivity index (χ3v) is 4.12. The van der Waals surface area contributed by atoms with E-state index in [4.69, 9.17) is 15.2 Å². The smallest absolute Gasteiger partial charge is 0.341 e. The molecule has 1 aromatic heterocycles. The topological polar surface area (TPSA) is 77.7 Å². The molecule has 0 saturated carbocycles. The maximum Gasteiger partial charge on any atom is 0.341 e. The second-order valence-electron chi connectivity index (χ2n) is 5.73. The molecule has 0 bridgehead atoms. The van der Waals surface area contributed by atoms with E-state index in [1.54, 1.807) is 12.3 Å². The van der Waals surface area contributed by atoms with Gasteiger partial charge in [-0.2, -0.15) is 0 Å². The Bertz CT molecular complexity index is 710. The highest BCUT2D eigenvalue weighted by atomic mass is 16.5. The average Bonchev–Trinajstić information content (AvgIpc) is 2.63. The monoisotopic (exact) mass is 327 g/mol. The number of nitrogen functional groups attached to an aromatic ring is 1. The first-order valence-electron chi connectivity index (χ1n) is 7.90. The zero-order valence-corrected chi connectivity index (χ0v) is 13.7. The number of nitrogens with two attached hydrogens (primary N) is 1. The molecule has 0 amide bonds. The Morgan fingerprint density at radius 2 is 1.96 bits per heavy atom. The van der Waals surface area contributed by atoms with Crippen LogP contribution in [0.4, 0.5) is 5.82 Å². The highest BCUT2D eigenvalue weighted by Gasteiger charge is 2.13. The van der Waals surface area contributed by atoms with E-state index >= 15 is 0 Å². The highest BCUT2D eigenvalue weighted by molar-refractivity contribution is 5.95. The molecule has 6 heteroatoms. The number of hydrogen-bond donors (Lipinski definition) is 1. The van der Waals surface area contributed by atoms with Crippen LogP contribution in [-0.4, -0.2) is 49.3 Å². The molecule has 0 aliphatic carbocycles. The number of nitrogens with zero attached hydrogens (tertiary/aromatic N) is 2. The molecule has 24 heavy (non-hydrogen) atoms. The van der Waals surface area contributed by atoms with Crippen LogP contribution in [0.1, 0.15) is 15.9 Å². The largest absolute Gasteiger partial charge is 0.465 e. The first-order chi connectivity index (χ1) is 11.7. The van der Waals surface area contributed by atoms with Crippen molar-refractivity contribution in [1.82, 2.24) is 9.88 Å². The molecule has 2 aromatic rings. The number of carbonyl (C=O) groups excluding carboxylic acids is 1. The molecule has 0 atom stereocenters. The van der Waals surface area contributed by atoms with Crippen LogP contribution in [0.3, 0.4) is 0 Å². The fraction of sp³-hybridized carbons (Fsp3) is 0.333. The minimum Gasteiger partial charge on any atom is -0.465 e. The number of morpholine rings is 1. The molecule has 1 aliphatic rings. The molecule has 6 nitrogen and oxygen atoms in total. The van der Waals surface area contributed by atoms with Crippen LogP contribution in [-0.2, 0) is 16.0 Å². The number of carbonyl (C=O) groups is 1. The third-order valence-electron chi connectivity index (χ3n) is 4.12. The second-order valence-corrected chi connectivity index (χ2v) is 5.73. The normalized spacial score (nSPS) is 15.2. The summed E-state index contributed by atoms with van der Waals surface area (Å²) >= 11 is 0. The SMILES string of the molecule is COC(=O)c1cc(-c2ccc(CN3CCOCC3)cc2)cnc1N. The number of rotatable bonds is 4. The van der Waals surface area contributed by atoms with Gasteiger partial charge in [-0.15, -0.1) is 0 Å². The molecule has 2 N–H and O–H groups in total. The molecule has 0 spiro atoms. The van der Waals surface area contributed by atoms with Gasteiger partial charge in [-0.05, 0) is 17.2 Å². The molecule has 0 unspecified atom stereocenters. The van der Waals surface area contributed by atoms with Crippen molar-refractivity contribution in [2.45, 2.75) is 6.54 Å². The van der Waals surface area contributed by atoms with Crippen molar-refractivity contribution in [2.75, 3.05) is 39.1 Å². The van der Waals surface area contributed by atoms with Crippen molar-refractivity contribution in [3.05, 3.63) is 47.7 Å². The summed E-state index contributed by atoms with van der Waals surface area (Å²) in [4.78, 5) is 18.2. The van der Waals surface area contributed by atoms with E-state index < -0.39 is 5.97 Å². The lowest BCUT2D eigenvalue weighted by atomic mass is 10.0. The Labute approximate surface area is 141 Å². The van der Waals surface area contributed by atoms with E-state index in [2.05, 4.69) is 22.0 Å². The summed E-state index contributed by atoms with van der Waals surface area (Å²) in [6, 6.07) is 9.97.